The highest BCUT2D eigenvalue weighted by Crippen LogP contribution is 2.22. The van der Waals surface area contributed by atoms with Crippen molar-refractivity contribution in [3.63, 3.8) is 0 Å². The van der Waals surface area contributed by atoms with Crippen molar-refractivity contribution in [1.82, 2.24) is 9.62 Å². The van der Waals surface area contributed by atoms with Crippen LogP contribution in [0.15, 0.2) is 23.1 Å². The molecule has 0 amide bonds. The summed E-state index contributed by atoms with van der Waals surface area (Å²) >= 11 is 5.86. The SMILES string of the molecule is CC(CN1CCCCC1)NS(=O)(=O)c1cc(Cl)ccc1N. The minimum atomic E-state index is -3.65. The molecule has 0 aliphatic carbocycles. The molecule has 3 N–H and O–H groups in total. The Kier molecular flexibility index (Phi) is 5.48. The van der Waals surface area contributed by atoms with Crippen LogP contribution in [0.5, 0.6) is 0 Å². The van der Waals surface area contributed by atoms with Gasteiger partial charge in [0.1, 0.15) is 4.90 Å². The predicted octanol–water partition coefficient (Wildman–Crippen LogP) is 2.07. The Morgan fingerprint density at radius 3 is 2.67 bits per heavy atom. The summed E-state index contributed by atoms with van der Waals surface area (Å²) in [5, 5.41) is 0.355. The summed E-state index contributed by atoms with van der Waals surface area (Å²) in [4.78, 5) is 2.33. The number of nitrogen functional groups attached to an aromatic ring is 1. The topological polar surface area (TPSA) is 75.4 Å². The molecule has 1 heterocycles. The minimum absolute atomic E-state index is 0.0421. The first kappa shape index (κ1) is 16.5. The molecular formula is C14H22ClN3O2S. The second-order valence-electron chi connectivity index (χ2n) is 5.57. The normalized spacial score (nSPS) is 18.6. The smallest absolute Gasteiger partial charge is 0.242 e. The van der Waals surface area contributed by atoms with Gasteiger partial charge in [-0.1, -0.05) is 18.0 Å². The summed E-state index contributed by atoms with van der Waals surface area (Å²) in [7, 11) is -3.65. The van der Waals surface area contributed by atoms with Crippen molar-refractivity contribution in [2.45, 2.75) is 37.1 Å². The molecule has 0 saturated carbocycles. The van der Waals surface area contributed by atoms with E-state index in [9.17, 15) is 8.42 Å². The summed E-state index contributed by atoms with van der Waals surface area (Å²) in [6.07, 6.45) is 3.62. The quantitative estimate of drug-likeness (QED) is 0.810. The van der Waals surface area contributed by atoms with Crippen LogP contribution in [0.3, 0.4) is 0 Å². The van der Waals surface area contributed by atoms with E-state index < -0.39 is 10.0 Å². The number of likely N-dealkylation sites (tertiary alicyclic amines) is 1. The third-order valence-corrected chi connectivity index (χ3v) is 5.48. The van der Waals surface area contributed by atoms with E-state index in [1.165, 1.54) is 31.4 Å². The van der Waals surface area contributed by atoms with Crippen molar-refractivity contribution >= 4 is 27.3 Å². The first-order valence-electron chi connectivity index (χ1n) is 7.18. The van der Waals surface area contributed by atoms with Gasteiger partial charge in [0.25, 0.3) is 0 Å². The lowest BCUT2D eigenvalue weighted by Gasteiger charge is -2.29. The van der Waals surface area contributed by atoms with Gasteiger partial charge < -0.3 is 10.6 Å². The number of halogens is 1. The molecular weight excluding hydrogens is 310 g/mol. The van der Waals surface area contributed by atoms with Crippen molar-refractivity contribution in [2.75, 3.05) is 25.4 Å². The van der Waals surface area contributed by atoms with Gasteiger partial charge in [-0.25, -0.2) is 13.1 Å². The number of sulfonamides is 1. The van der Waals surface area contributed by atoms with E-state index in [0.717, 1.165) is 13.1 Å². The first-order valence-corrected chi connectivity index (χ1v) is 9.04. The van der Waals surface area contributed by atoms with Crippen LogP contribution >= 0.6 is 11.6 Å². The Labute approximate surface area is 131 Å². The molecule has 2 rings (SSSR count). The maximum Gasteiger partial charge on any atom is 0.242 e. The van der Waals surface area contributed by atoms with Crippen LogP contribution < -0.4 is 10.5 Å². The molecule has 1 aromatic rings. The molecule has 1 aromatic carbocycles. The van der Waals surface area contributed by atoms with Gasteiger partial charge in [0.2, 0.25) is 10.0 Å². The summed E-state index contributed by atoms with van der Waals surface area (Å²) in [5.74, 6) is 0. The predicted molar refractivity (Wildman–Crippen MR) is 85.9 cm³/mol. The van der Waals surface area contributed by atoms with E-state index in [0.29, 0.717) is 11.6 Å². The van der Waals surface area contributed by atoms with Crippen molar-refractivity contribution in [1.29, 1.82) is 0 Å². The second-order valence-corrected chi connectivity index (χ2v) is 7.68. The summed E-state index contributed by atoms with van der Waals surface area (Å²) in [6, 6.07) is 4.29. The second kappa shape index (κ2) is 6.96. The Morgan fingerprint density at radius 1 is 1.33 bits per heavy atom. The van der Waals surface area contributed by atoms with Crippen LogP contribution in [0.2, 0.25) is 5.02 Å². The van der Waals surface area contributed by atoms with Crippen LogP contribution in [0.1, 0.15) is 26.2 Å². The van der Waals surface area contributed by atoms with Gasteiger partial charge in [-0.2, -0.15) is 0 Å². The van der Waals surface area contributed by atoms with Crippen LogP contribution in [-0.2, 0) is 10.0 Å². The van der Waals surface area contributed by atoms with Gasteiger partial charge in [-0.05, 0) is 51.1 Å². The summed E-state index contributed by atoms with van der Waals surface area (Å²) < 4.78 is 27.5. The van der Waals surface area contributed by atoms with Crippen molar-refractivity contribution in [2.24, 2.45) is 0 Å². The third kappa shape index (κ3) is 4.57. The number of anilines is 1. The number of hydrogen-bond donors (Lipinski definition) is 2. The van der Waals surface area contributed by atoms with Gasteiger partial charge in [0.15, 0.2) is 0 Å². The monoisotopic (exact) mass is 331 g/mol. The Balaban J connectivity index is 2.04. The molecule has 5 nitrogen and oxygen atoms in total. The van der Waals surface area contributed by atoms with Gasteiger partial charge >= 0.3 is 0 Å². The Morgan fingerprint density at radius 2 is 2.00 bits per heavy atom. The van der Waals surface area contributed by atoms with Crippen molar-refractivity contribution in [3.8, 4) is 0 Å². The zero-order valence-electron chi connectivity index (χ0n) is 12.2. The molecule has 0 aromatic heterocycles. The zero-order valence-corrected chi connectivity index (χ0v) is 13.8. The van der Waals surface area contributed by atoms with Crippen LogP contribution in [0, 0.1) is 0 Å². The molecule has 1 atom stereocenters. The van der Waals surface area contributed by atoms with Gasteiger partial charge in [-0.3, -0.25) is 0 Å². The molecule has 0 bridgehead atoms. The molecule has 0 spiro atoms. The van der Waals surface area contributed by atoms with Crippen molar-refractivity contribution < 1.29 is 8.42 Å². The molecule has 118 valence electrons. The lowest BCUT2D eigenvalue weighted by molar-refractivity contribution is 0.215. The maximum atomic E-state index is 12.4. The highest BCUT2D eigenvalue weighted by Gasteiger charge is 2.22. The Bertz CT molecular complexity index is 586. The summed E-state index contributed by atoms with van der Waals surface area (Å²) in [6.45, 7) is 4.64. The number of benzene rings is 1. The fourth-order valence-corrected chi connectivity index (χ4v) is 4.26. The average molecular weight is 332 g/mol. The highest BCUT2D eigenvalue weighted by molar-refractivity contribution is 7.89. The van der Waals surface area contributed by atoms with Crippen molar-refractivity contribution in [3.05, 3.63) is 23.2 Å². The van der Waals surface area contributed by atoms with E-state index in [4.69, 9.17) is 17.3 Å². The third-order valence-electron chi connectivity index (χ3n) is 3.60. The maximum absolute atomic E-state index is 12.4. The molecule has 0 radical (unpaired) electrons. The number of hydrogen-bond acceptors (Lipinski definition) is 4. The minimum Gasteiger partial charge on any atom is -0.398 e. The fraction of sp³-hybridized carbons (Fsp3) is 0.571. The van der Waals surface area contributed by atoms with E-state index in [-0.39, 0.29) is 16.6 Å². The highest BCUT2D eigenvalue weighted by atomic mass is 35.5. The standard InChI is InChI=1S/C14H22ClN3O2S/c1-11(10-18-7-3-2-4-8-18)17-21(19,20)14-9-12(15)5-6-13(14)16/h5-6,9,11,17H,2-4,7-8,10,16H2,1H3. The number of nitrogens with one attached hydrogen (secondary N) is 1. The molecule has 1 fully saturated rings. The lowest BCUT2D eigenvalue weighted by Crippen LogP contribution is -2.43. The van der Waals surface area contributed by atoms with Crippen LogP contribution in [-0.4, -0.2) is 39.0 Å². The molecule has 21 heavy (non-hydrogen) atoms. The largest absolute Gasteiger partial charge is 0.398 e. The number of nitrogens with zero attached hydrogens (tertiary/aromatic N) is 1. The number of piperidine rings is 1. The zero-order chi connectivity index (χ0) is 15.5. The average Bonchev–Trinajstić information content (AvgIpc) is 2.41. The van der Waals surface area contributed by atoms with Gasteiger partial charge in [0.05, 0.1) is 5.69 Å². The first-order chi connectivity index (χ1) is 9.88. The summed E-state index contributed by atoms with van der Waals surface area (Å²) in [5.41, 5.74) is 5.95. The van der Waals surface area contributed by atoms with Gasteiger partial charge in [-0.15, -0.1) is 0 Å². The molecule has 1 aliphatic rings. The Hall–Kier alpha value is -0.820. The van der Waals surface area contributed by atoms with E-state index in [2.05, 4.69) is 9.62 Å². The van der Waals surface area contributed by atoms with Crippen LogP contribution in [0.4, 0.5) is 5.69 Å². The van der Waals surface area contributed by atoms with E-state index in [1.807, 2.05) is 6.92 Å². The number of nitrogens with two attached hydrogens (primary N) is 1. The van der Waals surface area contributed by atoms with Gasteiger partial charge in [0, 0.05) is 17.6 Å². The number of rotatable bonds is 5. The molecule has 1 aliphatic heterocycles. The molecule has 7 heteroatoms. The van der Waals surface area contributed by atoms with E-state index >= 15 is 0 Å². The molecule has 1 unspecified atom stereocenters. The van der Waals surface area contributed by atoms with Crippen LogP contribution in [0.25, 0.3) is 0 Å². The lowest BCUT2D eigenvalue weighted by atomic mass is 10.1. The molecule has 1 saturated heterocycles. The van der Waals surface area contributed by atoms with E-state index in [1.54, 1.807) is 6.07 Å². The fourth-order valence-electron chi connectivity index (χ4n) is 2.64.